The molecule has 8 heteroatoms. The molecule has 3 heterocycles. The summed E-state index contributed by atoms with van der Waals surface area (Å²) in [5.74, 6) is -0.273. The third-order valence-electron chi connectivity index (χ3n) is 6.07. The number of carbonyl (C=O) groups excluding carboxylic acids is 1. The number of nitrogens with one attached hydrogen (secondary N) is 1. The van der Waals surface area contributed by atoms with E-state index in [0.717, 1.165) is 40.5 Å². The molecule has 1 saturated heterocycles. The first-order chi connectivity index (χ1) is 16.3. The molecule has 2 aromatic heterocycles. The van der Waals surface area contributed by atoms with Gasteiger partial charge in [0, 0.05) is 17.5 Å². The van der Waals surface area contributed by atoms with Gasteiger partial charge in [-0.2, -0.15) is 5.10 Å². The lowest BCUT2D eigenvalue weighted by Gasteiger charge is -2.26. The lowest BCUT2D eigenvalue weighted by Crippen LogP contribution is -2.33. The molecule has 0 spiro atoms. The Morgan fingerprint density at radius 1 is 1.15 bits per heavy atom. The fourth-order valence-corrected chi connectivity index (χ4v) is 5.18. The summed E-state index contributed by atoms with van der Waals surface area (Å²) in [5.41, 5.74) is 3.17. The van der Waals surface area contributed by atoms with Gasteiger partial charge in [0.05, 0.1) is 35.1 Å². The minimum atomic E-state index is -0.273. The summed E-state index contributed by atoms with van der Waals surface area (Å²) in [4.78, 5) is 19.7. The van der Waals surface area contributed by atoms with Crippen molar-refractivity contribution in [3.05, 3.63) is 47.4 Å². The molecule has 4 rings (SSSR count). The van der Waals surface area contributed by atoms with Crippen molar-refractivity contribution in [1.29, 1.82) is 0 Å². The Labute approximate surface area is 205 Å². The molecule has 1 fully saturated rings. The van der Waals surface area contributed by atoms with E-state index in [-0.39, 0.29) is 23.7 Å². The second-order valence-corrected chi connectivity index (χ2v) is 10.8. The highest BCUT2D eigenvalue weighted by Crippen LogP contribution is 2.36. The first kappa shape index (κ1) is 24.5. The third-order valence-corrected chi connectivity index (χ3v) is 6.99. The molecule has 1 aliphatic heterocycles. The van der Waals surface area contributed by atoms with Gasteiger partial charge in [-0.1, -0.05) is 6.42 Å². The highest BCUT2D eigenvalue weighted by molar-refractivity contribution is 7.13. The molecule has 0 atom stereocenters. The zero-order chi connectivity index (χ0) is 24.1. The molecule has 1 aliphatic rings. The molecule has 0 radical (unpaired) electrons. The van der Waals surface area contributed by atoms with Crippen molar-refractivity contribution in [1.82, 2.24) is 25.0 Å². The van der Waals surface area contributed by atoms with Crippen LogP contribution in [0.2, 0.25) is 0 Å². The highest BCUT2D eigenvalue weighted by atomic mass is 32.1. The molecule has 3 aromatic rings. The van der Waals surface area contributed by atoms with Crippen LogP contribution in [0.5, 0.6) is 0 Å². The fraction of sp³-hybridized carbons (Fsp3) is 0.500. The number of halogens is 1. The number of thiazole rings is 1. The lowest BCUT2D eigenvalue weighted by molar-refractivity contribution is -0.120. The van der Waals surface area contributed by atoms with Gasteiger partial charge in [-0.15, -0.1) is 11.3 Å². The van der Waals surface area contributed by atoms with Gasteiger partial charge in [0.1, 0.15) is 10.8 Å². The molecule has 0 unspecified atom stereocenters. The zero-order valence-electron chi connectivity index (χ0n) is 20.3. The van der Waals surface area contributed by atoms with Crippen LogP contribution in [0.1, 0.15) is 52.1 Å². The number of benzene rings is 1. The van der Waals surface area contributed by atoms with Crippen molar-refractivity contribution in [3.63, 3.8) is 0 Å². The predicted molar refractivity (Wildman–Crippen MR) is 135 cm³/mol. The maximum Gasteiger partial charge on any atom is 0.226 e. The summed E-state index contributed by atoms with van der Waals surface area (Å²) >= 11 is 1.50. The molecule has 1 amide bonds. The Bertz CT molecular complexity index is 1090. The Hall–Kier alpha value is -2.58. The summed E-state index contributed by atoms with van der Waals surface area (Å²) in [7, 11) is 0. The van der Waals surface area contributed by atoms with Gasteiger partial charge in [-0.05, 0) is 83.9 Å². The molecule has 6 nitrogen and oxygen atoms in total. The minimum absolute atomic E-state index is 0.000334. The van der Waals surface area contributed by atoms with Crippen LogP contribution in [0.25, 0.3) is 21.8 Å². The van der Waals surface area contributed by atoms with Crippen LogP contribution in [0.15, 0.2) is 35.8 Å². The standard InChI is InChI=1S/C26H34FN5OS/c1-26(2,3)32-24(19-8-10-20(27)11-9-19)22(17-29-32)25-30-21(18-34-25)16-23(33)28-12-7-15-31-13-5-4-6-14-31/h8-11,17-18H,4-7,12-16H2,1-3H3,(H,28,33). The number of piperidine rings is 1. The van der Waals surface area contributed by atoms with Crippen molar-refractivity contribution in [2.24, 2.45) is 0 Å². The average Bonchev–Trinajstić information content (AvgIpc) is 3.45. The van der Waals surface area contributed by atoms with E-state index in [1.54, 1.807) is 12.1 Å². The van der Waals surface area contributed by atoms with E-state index >= 15 is 0 Å². The Balaban J connectivity index is 1.42. The molecule has 1 N–H and O–H groups in total. The van der Waals surface area contributed by atoms with Crippen molar-refractivity contribution in [2.45, 2.75) is 58.4 Å². The number of nitrogens with zero attached hydrogens (tertiary/aromatic N) is 4. The molecular weight excluding hydrogens is 449 g/mol. The van der Waals surface area contributed by atoms with Gasteiger partial charge < -0.3 is 10.2 Å². The lowest BCUT2D eigenvalue weighted by atomic mass is 10.0. The summed E-state index contributed by atoms with van der Waals surface area (Å²) in [6.45, 7) is 10.4. The SMILES string of the molecule is CC(C)(C)n1ncc(-c2nc(CC(=O)NCCCN3CCCCC3)cs2)c1-c1ccc(F)cc1. The fourth-order valence-electron chi connectivity index (χ4n) is 4.35. The van der Waals surface area contributed by atoms with E-state index < -0.39 is 0 Å². The van der Waals surface area contributed by atoms with Gasteiger partial charge >= 0.3 is 0 Å². The molecule has 0 aliphatic carbocycles. The smallest absolute Gasteiger partial charge is 0.226 e. The first-order valence-corrected chi connectivity index (χ1v) is 13.0. The van der Waals surface area contributed by atoms with Crippen LogP contribution >= 0.6 is 11.3 Å². The molecule has 182 valence electrons. The molecule has 34 heavy (non-hydrogen) atoms. The average molecular weight is 484 g/mol. The van der Waals surface area contributed by atoms with E-state index in [9.17, 15) is 9.18 Å². The van der Waals surface area contributed by atoms with Crippen LogP contribution in [0.4, 0.5) is 4.39 Å². The zero-order valence-corrected chi connectivity index (χ0v) is 21.1. The van der Waals surface area contributed by atoms with E-state index in [1.807, 2.05) is 16.3 Å². The number of likely N-dealkylation sites (tertiary alicyclic amines) is 1. The van der Waals surface area contributed by atoms with E-state index in [0.29, 0.717) is 6.54 Å². The van der Waals surface area contributed by atoms with Crippen LogP contribution in [0.3, 0.4) is 0 Å². The van der Waals surface area contributed by atoms with Crippen LogP contribution < -0.4 is 5.32 Å². The normalized spacial score (nSPS) is 14.9. The maximum atomic E-state index is 13.5. The van der Waals surface area contributed by atoms with Gasteiger partial charge in [0.15, 0.2) is 0 Å². The quantitative estimate of drug-likeness (QED) is 0.453. The second kappa shape index (κ2) is 10.8. The van der Waals surface area contributed by atoms with Gasteiger partial charge in [0.2, 0.25) is 5.91 Å². The van der Waals surface area contributed by atoms with Crippen LogP contribution in [-0.4, -0.2) is 51.8 Å². The van der Waals surface area contributed by atoms with Gasteiger partial charge in [0.25, 0.3) is 0 Å². The number of aromatic nitrogens is 3. The first-order valence-electron chi connectivity index (χ1n) is 12.1. The number of carbonyl (C=O) groups is 1. The second-order valence-electron chi connectivity index (χ2n) is 9.92. The number of amides is 1. The molecule has 1 aromatic carbocycles. The molecular formula is C26H34FN5OS. The van der Waals surface area contributed by atoms with Crippen LogP contribution in [-0.2, 0) is 16.8 Å². The molecule has 0 saturated carbocycles. The van der Waals surface area contributed by atoms with Crippen molar-refractivity contribution in [2.75, 3.05) is 26.2 Å². The van der Waals surface area contributed by atoms with Crippen molar-refractivity contribution < 1.29 is 9.18 Å². The van der Waals surface area contributed by atoms with Crippen LogP contribution in [0, 0.1) is 5.82 Å². The van der Waals surface area contributed by atoms with Gasteiger partial charge in [-0.25, -0.2) is 9.37 Å². The Morgan fingerprint density at radius 2 is 1.88 bits per heavy atom. The van der Waals surface area contributed by atoms with Crippen molar-refractivity contribution >= 4 is 17.2 Å². The topological polar surface area (TPSA) is 63.1 Å². The summed E-state index contributed by atoms with van der Waals surface area (Å²) < 4.78 is 15.5. The Morgan fingerprint density at radius 3 is 2.59 bits per heavy atom. The summed E-state index contributed by atoms with van der Waals surface area (Å²) in [6, 6.07) is 6.46. The Kier molecular flexibility index (Phi) is 7.78. The molecule has 0 bridgehead atoms. The van der Waals surface area contributed by atoms with E-state index in [2.05, 4.69) is 36.1 Å². The van der Waals surface area contributed by atoms with Gasteiger partial charge in [-0.3, -0.25) is 9.48 Å². The highest BCUT2D eigenvalue weighted by Gasteiger charge is 2.24. The predicted octanol–water partition coefficient (Wildman–Crippen LogP) is 5.10. The maximum absolute atomic E-state index is 13.5. The monoisotopic (exact) mass is 483 g/mol. The minimum Gasteiger partial charge on any atom is -0.356 e. The number of rotatable bonds is 8. The summed E-state index contributed by atoms with van der Waals surface area (Å²) in [6.07, 6.45) is 6.96. The van der Waals surface area contributed by atoms with E-state index in [4.69, 9.17) is 4.98 Å². The number of hydrogen-bond acceptors (Lipinski definition) is 5. The summed E-state index contributed by atoms with van der Waals surface area (Å²) in [5, 5.41) is 10.4. The van der Waals surface area contributed by atoms with Crippen molar-refractivity contribution in [3.8, 4) is 21.8 Å². The van der Waals surface area contributed by atoms with E-state index in [1.165, 1.54) is 55.8 Å². The third kappa shape index (κ3) is 6.10. The largest absolute Gasteiger partial charge is 0.356 e. The number of hydrogen-bond donors (Lipinski definition) is 1.